The van der Waals surface area contributed by atoms with E-state index in [1.807, 2.05) is 55.2 Å². The Kier molecular flexibility index (Phi) is 4.80. The summed E-state index contributed by atoms with van der Waals surface area (Å²) in [5.41, 5.74) is 2.01. The summed E-state index contributed by atoms with van der Waals surface area (Å²) in [6.45, 7) is 0. The van der Waals surface area contributed by atoms with Crippen molar-refractivity contribution < 1.29 is 8.42 Å². The molecule has 1 aromatic carbocycles. The fourth-order valence-corrected chi connectivity index (χ4v) is 4.62. The summed E-state index contributed by atoms with van der Waals surface area (Å²) in [5.74, 6) is 1.63. The molecular formula is C17H23N5O2S. The zero-order valence-corrected chi connectivity index (χ0v) is 15.5. The van der Waals surface area contributed by atoms with E-state index >= 15 is 0 Å². The van der Waals surface area contributed by atoms with Crippen LogP contribution in [0.3, 0.4) is 0 Å². The van der Waals surface area contributed by atoms with E-state index < -0.39 is 9.84 Å². The van der Waals surface area contributed by atoms with Crippen molar-refractivity contribution in [2.45, 2.75) is 12.5 Å². The molecule has 1 atom stereocenters. The van der Waals surface area contributed by atoms with Crippen molar-refractivity contribution in [1.29, 1.82) is 0 Å². The molecule has 1 aliphatic rings. The minimum atomic E-state index is -2.92. The van der Waals surface area contributed by atoms with Crippen LogP contribution in [-0.2, 0) is 9.84 Å². The Bertz CT molecular complexity index is 836. The number of hydrogen-bond donors (Lipinski definition) is 1. The lowest BCUT2D eigenvalue weighted by molar-refractivity contribution is 0.600. The Hall–Kier alpha value is -2.35. The van der Waals surface area contributed by atoms with Crippen LogP contribution in [0.25, 0.3) is 0 Å². The topological polar surface area (TPSA) is 78.4 Å². The van der Waals surface area contributed by atoms with Crippen LogP contribution in [0, 0.1) is 0 Å². The van der Waals surface area contributed by atoms with Gasteiger partial charge in [-0.25, -0.2) is 13.4 Å². The molecule has 0 aliphatic carbocycles. The first-order valence-electron chi connectivity index (χ1n) is 8.15. The third-order valence-corrected chi connectivity index (χ3v) is 6.15. The van der Waals surface area contributed by atoms with Crippen LogP contribution in [0.2, 0.25) is 0 Å². The minimum absolute atomic E-state index is 0.0351. The van der Waals surface area contributed by atoms with Gasteiger partial charge in [0.2, 0.25) is 5.95 Å². The highest BCUT2D eigenvalue weighted by atomic mass is 32.2. The summed E-state index contributed by atoms with van der Waals surface area (Å²) in [6.07, 6.45) is 2.32. The van der Waals surface area contributed by atoms with Gasteiger partial charge in [-0.1, -0.05) is 0 Å². The van der Waals surface area contributed by atoms with E-state index in [-0.39, 0.29) is 17.5 Å². The van der Waals surface area contributed by atoms with E-state index in [9.17, 15) is 8.42 Å². The van der Waals surface area contributed by atoms with Gasteiger partial charge in [-0.3, -0.25) is 0 Å². The lowest BCUT2D eigenvalue weighted by atomic mass is 10.2. The van der Waals surface area contributed by atoms with Crippen LogP contribution in [-0.4, -0.2) is 57.1 Å². The van der Waals surface area contributed by atoms with Gasteiger partial charge >= 0.3 is 0 Å². The van der Waals surface area contributed by atoms with Crippen LogP contribution in [0.1, 0.15) is 6.42 Å². The summed E-state index contributed by atoms with van der Waals surface area (Å²) in [6, 6.07) is 9.73. The van der Waals surface area contributed by atoms with Gasteiger partial charge in [0.15, 0.2) is 9.84 Å². The van der Waals surface area contributed by atoms with E-state index in [0.29, 0.717) is 18.2 Å². The third-order valence-electron chi connectivity index (χ3n) is 4.40. The first kappa shape index (κ1) is 17.5. The fraction of sp³-hybridized carbons (Fsp3) is 0.412. The minimum Gasteiger partial charge on any atom is -0.378 e. The molecule has 0 radical (unpaired) electrons. The van der Waals surface area contributed by atoms with Crippen molar-refractivity contribution in [3.63, 3.8) is 0 Å². The zero-order valence-electron chi connectivity index (χ0n) is 14.7. The van der Waals surface area contributed by atoms with Crippen LogP contribution < -0.4 is 15.1 Å². The Morgan fingerprint density at radius 2 is 1.84 bits per heavy atom. The lowest BCUT2D eigenvalue weighted by Gasteiger charge is -2.24. The molecule has 1 aromatic heterocycles. The van der Waals surface area contributed by atoms with Gasteiger partial charge in [0, 0.05) is 44.8 Å². The molecule has 0 saturated carbocycles. The van der Waals surface area contributed by atoms with Gasteiger partial charge in [0.25, 0.3) is 0 Å². The molecule has 2 aromatic rings. The van der Waals surface area contributed by atoms with Gasteiger partial charge in [-0.2, -0.15) is 4.98 Å². The normalized spacial score (nSPS) is 18.8. The van der Waals surface area contributed by atoms with Crippen LogP contribution >= 0.6 is 0 Å². The number of hydrogen-bond acceptors (Lipinski definition) is 7. The first-order chi connectivity index (χ1) is 11.8. The van der Waals surface area contributed by atoms with Crippen molar-refractivity contribution in [3.05, 3.63) is 36.5 Å². The highest BCUT2D eigenvalue weighted by Crippen LogP contribution is 2.23. The van der Waals surface area contributed by atoms with E-state index in [1.165, 1.54) is 0 Å². The van der Waals surface area contributed by atoms with Crippen LogP contribution in [0.5, 0.6) is 0 Å². The second-order valence-electron chi connectivity index (χ2n) is 6.47. The number of aromatic nitrogens is 2. The summed E-state index contributed by atoms with van der Waals surface area (Å²) < 4.78 is 23.4. The number of nitrogens with zero attached hydrogens (tertiary/aromatic N) is 4. The Morgan fingerprint density at radius 3 is 2.44 bits per heavy atom. The smallest absolute Gasteiger partial charge is 0.229 e. The van der Waals surface area contributed by atoms with Crippen molar-refractivity contribution in [3.8, 4) is 0 Å². The number of benzene rings is 1. The van der Waals surface area contributed by atoms with E-state index in [1.54, 1.807) is 12.3 Å². The average molecular weight is 361 g/mol. The highest BCUT2D eigenvalue weighted by molar-refractivity contribution is 7.91. The number of sulfone groups is 1. The number of nitrogens with one attached hydrogen (secondary N) is 1. The third kappa shape index (κ3) is 4.19. The standard InChI is InChI=1S/C17H23N5O2S/c1-21(2)14-6-4-13(5-7-14)19-17-18-10-8-16(20-17)22(3)15-9-11-25(23,24)12-15/h4-8,10,15H,9,11-12H2,1-3H3,(H,18,19,20). The summed E-state index contributed by atoms with van der Waals surface area (Å²) in [7, 11) is 2.94. The quantitative estimate of drug-likeness (QED) is 0.871. The van der Waals surface area contributed by atoms with Gasteiger partial charge in [0.1, 0.15) is 5.82 Å². The number of anilines is 4. The molecule has 134 valence electrons. The van der Waals surface area contributed by atoms with Crippen molar-refractivity contribution in [1.82, 2.24) is 9.97 Å². The first-order valence-corrected chi connectivity index (χ1v) is 9.97. The molecule has 1 aliphatic heterocycles. The fourth-order valence-electron chi connectivity index (χ4n) is 2.85. The van der Waals surface area contributed by atoms with Gasteiger partial charge in [-0.15, -0.1) is 0 Å². The molecule has 0 bridgehead atoms. The van der Waals surface area contributed by atoms with Crippen molar-refractivity contribution in [2.24, 2.45) is 0 Å². The van der Waals surface area contributed by atoms with Gasteiger partial charge in [0.05, 0.1) is 11.5 Å². The molecule has 1 N–H and O–H groups in total. The predicted molar refractivity (Wildman–Crippen MR) is 102 cm³/mol. The summed E-state index contributed by atoms with van der Waals surface area (Å²) >= 11 is 0. The van der Waals surface area contributed by atoms with Crippen LogP contribution in [0.4, 0.5) is 23.1 Å². The Labute approximate surface area is 148 Å². The van der Waals surface area contributed by atoms with Gasteiger partial charge < -0.3 is 15.1 Å². The lowest BCUT2D eigenvalue weighted by Crippen LogP contribution is -2.33. The largest absolute Gasteiger partial charge is 0.378 e. The predicted octanol–water partition coefficient (Wildman–Crippen LogP) is 1.91. The van der Waals surface area contributed by atoms with Gasteiger partial charge in [-0.05, 0) is 36.8 Å². The second kappa shape index (κ2) is 6.87. The molecule has 2 heterocycles. The molecule has 0 amide bonds. The number of rotatable bonds is 5. The highest BCUT2D eigenvalue weighted by Gasteiger charge is 2.31. The zero-order chi connectivity index (χ0) is 18.0. The van der Waals surface area contributed by atoms with Crippen LogP contribution in [0.15, 0.2) is 36.5 Å². The molecule has 8 heteroatoms. The molecule has 1 saturated heterocycles. The maximum Gasteiger partial charge on any atom is 0.229 e. The summed E-state index contributed by atoms with van der Waals surface area (Å²) in [4.78, 5) is 12.7. The molecule has 0 spiro atoms. The Morgan fingerprint density at radius 1 is 1.12 bits per heavy atom. The second-order valence-corrected chi connectivity index (χ2v) is 8.70. The van der Waals surface area contributed by atoms with E-state index in [2.05, 4.69) is 15.3 Å². The molecule has 7 nitrogen and oxygen atoms in total. The SMILES string of the molecule is CN(C)c1ccc(Nc2nccc(N(C)C3CCS(=O)(=O)C3)n2)cc1. The molecule has 1 unspecified atom stereocenters. The van der Waals surface area contributed by atoms with Crippen molar-refractivity contribution in [2.75, 3.05) is 47.8 Å². The maximum absolute atomic E-state index is 11.7. The van der Waals surface area contributed by atoms with E-state index in [0.717, 1.165) is 11.4 Å². The molecule has 1 fully saturated rings. The molecular weight excluding hydrogens is 338 g/mol. The van der Waals surface area contributed by atoms with E-state index in [4.69, 9.17) is 0 Å². The summed E-state index contributed by atoms with van der Waals surface area (Å²) in [5, 5.41) is 3.19. The maximum atomic E-state index is 11.7. The Balaban J connectivity index is 1.73. The monoisotopic (exact) mass is 361 g/mol. The molecule has 3 rings (SSSR count). The van der Waals surface area contributed by atoms with Crippen molar-refractivity contribution >= 4 is 33.0 Å². The average Bonchev–Trinajstić information content (AvgIpc) is 2.95. The molecule has 25 heavy (non-hydrogen) atoms.